The van der Waals surface area contributed by atoms with Crippen LogP contribution >= 0.6 is 0 Å². The quantitative estimate of drug-likeness (QED) is 0.618. The minimum Gasteiger partial charge on any atom is -0.399 e. The molecule has 0 aliphatic carbocycles. The van der Waals surface area contributed by atoms with Crippen LogP contribution in [-0.2, 0) is 12.8 Å². The third-order valence-electron chi connectivity index (χ3n) is 3.88. The lowest BCUT2D eigenvalue weighted by Crippen LogP contribution is -1.99. The van der Waals surface area contributed by atoms with Gasteiger partial charge in [0.2, 0.25) is 0 Å². The Bertz CT molecular complexity index is 937. The van der Waals surface area contributed by atoms with Crippen LogP contribution in [0.1, 0.15) is 28.3 Å². The summed E-state index contributed by atoms with van der Waals surface area (Å²) in [5.41, 5.74) is 10.4. The number of nitrogens with zero attached hydrogens (tertiary/aromatic N) is 4. The molecule has 3 rings (SSSR count). The number of nitriles is 1. The smallest absolute Gasteiger partial charge is 0.153 e. The number of rotatable bonds is 5. The van der Waals surface area contributed by atoms with Crippen LogP contribution in [0.15, 0.2) is 30.3 Å². The van der Waals surface area contributed by atoms with Gasteiger partial charge in [0, 0.05) is 23.5 Å². The number of H-pyrrole nitrogens is 1. The molecule has 0 radical (unpaired) electrons. The Balaban J connectivity index is 1.67. The van der Waals surface area contributed by atoms with Crippen LogP contribution in [0.3, 0.4) is 0 Å². The van der Waals surface area contributed by atoms with Crippen LogP contribution in [0, 0.1) is 25.2 Å². The molecule has 25 heavy (non-hydrogen) atoms. The van der Waals surface area contributed by atoms with Crippen LogP contribution in [0.4, 0.5) is 17.3 Å². The summed E-state index contributed by atoms with van der Waals surface area (Å²) >= 11 is 0. The average Bonchev–Trinajstić information content (AvgIpc) is 3.02. The summed E-state index contributed by atoms with van der Waals surface area (Å²) in [5, 5.41) is 19.3. The van der Waals surface area contributed by atoms with Crippen LogP contribution in [0.2, 0.25) is 0 Å². The molecule has 1 aromatic carbocycles. The lowest BCUT2D eigenvalue weighted by Gasteiger charge is -2.05. The molecule has 4 N–H and O–H groups in total. The molecule has 2 heterocycles. The largest absolute Gasteiger partial charge is 0.399 e. The highest BCUT2D eigenvalue weighted by Crippen LogP contribution is 2.17. The van der Waals surface area contributed by atoms with Gasteiger partial charge in [-0.2, -0.15) is 10.4 Å². The van der Waals surface area contributed by atoms with Crippen LogP contribution in [-0.4, -0.2) is 20.2 Å². The molecule has 2 aromatic heterocycles. The number of hydrogen-bond donors (Lipinski definition) is 3. The van der Waals surface area contributed by atoms with E-state index in [1.54, 1.807) is 13.0 Å². The van der Waals surface area contributed by atoms with Crippen molar-refractivity contribution < 1.29 is 0 Å². The number of benzene rings is 1. The van der Waals surface area contributed by atoms with E-state index in [2.05, 4.69) is 32.4 Å². The van der Waals surface area contributed by atoms with Gasteiger partial charge in [0.05, 0.1) is 0 Å². The van der Waals surface area contributed by atoms with Gasteiger partial charge in [-0.15, -0.1) is 0 Å². The van der Waals surface area contributed by atoms with Crippen molar-refractivity contribution in [2.75, 3.05) is 11.1 Å². The number of hydrogen-bond acceptors (Lipinski definition) is 6. The second-order valence-corrected chi connectivity index (χ2v) is 5.89. The maximum absolute atomic E-state index is 8.98. The minimum absolute atomic E-state index is 0.322. The van der Waals surface area contributed by atoms with E-state index in [-0.39, 0.29) is 0 Å². The van der Waals surface area contributed by atoms with E-state index in [0.29, 0.717) is 23.2 Å². The third kappa shape index (κ3) is 4.12. The van der Waals surface area contributed by atoms with Crippen molar-refractivity contribution in [2.45, 2.75) is 26.7 Å². The molecule has 0 atom stereocenters. The van der Waals surface area contributed by atoms with E-state index < -0.39 is 0 Å². The van der Waals surface area contributed by atoms with Gasteiger partial charge in [0.25, 0.3) is 0 Å². The normalized spacial score (nSPS) is 10.4. The van der Waals surface area contributed by atoms with Gasteiger partial charge in [-0.1, -0.05) is 6.07 Å². The van der Waals surface area contributed by atoms with Crippen LogP contribution in [0.5, 0.6) is 0 Å². The first-order valence-corrected chi connectivity index (χ1v) is 7.95. The molecular weight excluding hydrogens is 314 g/mol. The summed E-state index contributed by atoms with van der Waals surface area (Å²) in [6.07, 6.45) is 1.70. The molecule has 7 heteroatoms. The highest BCUT2D eigenvalue weighted by Gasteiger charge is 2.06. The van der Waals surface area contributed by atoms with E-state index in [0.717, 1.165) is 24.2 Å². The summed E-state index contributed by atoms with van der Waals surface area (Å²) in [4.78, 5) is 8.29. The number of aromatic amines is 1. The first kappa shape index (κ1) is 16.5. The van der Waals surface area contributed by atoms with Crippen LogP contribution < -0.4 is 11.1 Å². The van der Waals surface area contributed by atoms with Crippen molar-refractivity contribution in [1.82, 2.24) is 20.2 Å². The second-order valence-electron chi connectivity index (χ2n) is 5.89. The Morgan fingerprint density at radius 2 is 1.96 bits per heavy atom. The Hall–Kier alpha value is -3.40. The summed E-state index contributed by atoms with van der Waals surface area (Å²) in [5.74, 6) is 1.74. The lowest BCUT2D eigenvalue weighted by molar-refractivity contribution is 0.888. The van der Waals surface area contributed by atoms with Crippen LogP contribution in [0.25, 0.3) is 0 Å². The van der Waals surface area contributed by atoms with Gasteiger partial charge >= 0.3 is 0 Å². The Kier molecular flexibility index (Phi) is 4.61. The SMILES string of the molecule is Cc1nc(C#N)cc(Nc2cc(CCc3cc(N)ccc3C)[nH]n2)n1. The molecule has 7 nitrogen and oxygen atoms in total. The zero-order valence-corrected chi connectivity index (χ0v) is 14.2. The standard InChI is InChI=1S/C18H19N7/c1-11-3-5-14(20)7-13(11)4-6-15-8-18(25-24-15)23-17-9-16(10-19)21-12(2)22-17/h3,5,7-9H,4,6,20H2,1-2H3,(H2,21,22,23,24,25). The summed E-state index contributed by atoms with van der Waals surface area (Å²) in [6, 6.07) is 11.5. The number of nitrogens with one attached hydrogen (secondary N) is 2. The van der Waals surface area contributed by atoms with Crippen molar-refractivity contribution in [2.24, 2.45) is 0 Å². The maximum Gasteiger partial charge on any atom is 0.153 e. The van der Waals surface area contributed by atoms with E-state index in [1.807, 2.05) is 30.3 Å². The van der Waals surface area contributed by atoms with Crippen molar-refractivity contribution in [3.8, 4) is 6.07 Å². The number of nitrogens with two attached hydrogens (primary N) is 1. The van der Waals surface area contributed by atoms with E-state index in [4.69, 9.17) is 11.0 Å². The van der Waals surface area contributed by atoms with Crippen molar-refractivity contribution in [1.29, 1.82) is 5.26 Å². The van der Waals surface area contributed by atoms with Gasteiger partial charge in [-0.05, 0) is 49.9 Å². The van der Waals surface area contributed by atoms with Gasteiger partial charge in [0.1, 0.15) is 23.4 Å². The fourth-order valence-electron chi connectivity index (χ4n) is 2.60. The Morgan fingerprint density at radius 1 is 1.12 bits per heavy atom. The number of aromatic nitrogens is 4. The molecule has 0 amide bonds. The topological polar surface area (TPSA) is 116 Å². The molecule has 0 unspecified atom stereocenters. The van der Waals surface area contributed by atoms with Crippen molar-refractivity contribution in [3.63, 3.8) is 0 Å². The Labute approximate surface area is 145 Å². The molecule has 3 aromatic rings. The maximum atomic E-state index is 8.98. The number of anilines is 3. The lowest BCUT2D eigenvalue weighted by atomic mass is 10.0. The molecule has 0 bridgehead atoms. The van der Waals surface area contributed by atoms with Crippen molar-refractivity contribution in [3.05, 3.63) is 58.7 Å². The monoisotopic (exact) mass is 333 g/mol. The van der Waals surface area contributed by atoms with E-state index in [1.165, 1.54) is 11.1 Å². The van der Waals surface area contributed by atoms with E-state index in [9.17, 15) is 0 Å². The number of nitrogen functional groups attached to an aromatic ring is 1. The molecule has 0 aliphatic heterocycles. The zero-order valence-electron chi connectivity index (χ0n) is 14.2. The first-order valence-electron chi connectivity index (χ1n) is 7.95. The fraction of sp³-hybridized carbons (Fsp3) is 0.222. The molecular formula is C18H19N7. The van der Waals surface area contributed by atoms with Crippen molar-refractivity contribution >= 4 is 17.3 Å². The minimum atomic E-state index is 0.322. The Morgan fingerprint density at radius 3 is 2.76 bits per heavy atom. The fourth-order valence-corrected chi connectivity index (χ4v) is 2.60. The van der Waals surface area contributed by atoms with Gasteiger partial charge in [-0.25, -0.2) is 9.97 Å². The molecule has 0 spiro atoms. The average molecular weight is 333 g/mol. The summed E-state index contributed by atoms with van der Waals surface area (Å²) in [7, 11) is 0. The summed E-state index contributed by atoms with van der Waals surface area (Å²) in [6.45, 7) is 3.83. The molecule has 0 saturated carbocycles. The first-order chi connectivity index (χ1) is 12.0. The third-order valence-corrected chi connectivity index (χ3v) is 3.88. The van der Waals surface area contributed by atoms with Gasteiger partial charge in [-0.3, -0.25) is 5.10 Å². The molecule has 126 valence electrons. The highest BCUT2D eigenvalue weighted by atomic mass is 15.2. The van der Waals surface area contributed by atoms with Gasteiger partial charge < -0.3 is 11.1 Å². The zero-order chi connectivity index (χ0) is 17.8. The highest BCUT2D eigenvalue weighted by molar-refractivity contribution is 5.53. The second kappa shape index (κ2) is 7.01. The summed E-state index contributed by atoms with van der Waals surface area (Å²) < 4.78 is 0. The predicted octanol–water partition coefficient (Wildman–Crippen LogP) is 2.80. The predicted molar refractivity (Wildman–Crippen MR) is 96.4 cm³/mol. The molecule has 0 saturated heterocycles. The van der Waals surface area contributed by atoms with E-state index >= 15 is 0 Å². The van der Waals surface area contributed by atoms with Gasteiger partial charge in [0.15, 0.2) is 5.82 Å². The number of aryl methyl sites for hydroxylation is 4. The molecule has 0 fully saturated rings. The molecule has 0 aliphatic rings.